The third-order valence-electron chi connectivity index (χ3n) is 6.92. The first-order valence-corrected chi connectivity index (χ1v) is 13.7. The Morgan fingerprint density at radius 2 is 1.73 bits per heavy atom. The van der Waals surface area contributed by atoms with Crippen molar-refractivity contribution in [2.24, 2.45) is 7.05 Å². The van der Waals surface area contributed by atoms with Gasteiger partial charge in [-0.25, -0.2) is 13.1 Å². The Bertz CT molecular complexity index is 1460. The Morgan fingerprint density at radius 1 is 1.05 bits per heavy atom. The summed E-state index contributed by atoms with van der Waals surface area (Å²) in [6.07, 6.45) is -1.25. The molecule has 0 bridgehead atoms. The van der Waals surface area contributed by atoms with Crippen LogP contribution in [0.2, 0.25) is 0 Å². The van der Waals surface area contributed by atoms with Crippen LogP contribution in [-0.4, -0.2) is 80.6 Å². The SMILES string of the molecule is C/C(=C(/C#N)S(=O)(=O)NCC(O)CO)c1ccc(-c2ccc3cc(N4CCN(C)CC4)ccc3c2)n1C. The summed E-state index contributed by atoms with van der Waals surface area (Å²) in [5.41, 5.74) is 3.97. The molecule has 2 aromatic carbocycles. The molecule has 0 radical (unpaired) electrons. The summed E-state index contributed by atoms with van der Waals surface area (Å²) in [7, 11) is -0.186. The second kappa shape index (κ2) is 11.0. The molecule has 1 fully saturated rings. The van der Waals surface area contributed by atoms with Crippen LogP contribution in [0.4, 0.5) is 5.69 Å². The van der Waals surface area contributed by atoms with Crippen LogP contribution >= 0.6 is 0 Å². The highest BCUT2D eigenvalue weighted by Crippen LogP contribution is 2.31. The lowest BCUT2D eigenvalue weighted by molar-refractivity contribution is 0.0989. The molecule has 1 aromatic heterocycles. The van der Waals surface area contributed by atoms with Gasteiger partial charge >= 0.3 is 0 Å². The van der Waals surface area contributed by atoms with Gasteiger partial charge in [-0.3, -0.25) is 0 Å². The van der Waals surface area contributed by atoms with E-state index < -0.39 is 27.6 Å². The number of fused-ring (bicyclic) bond motifs is 1. The first-order chi connectivity index (χ1) is 17.6. The van der Waals surface area contributed by atoms with Gasteiger partial charge < -0.3 is 24.6 Å². The predicted octanol–water partition coefficient (Wildman–Crippen LogP) is 2.12. The summed E-state index contributed by atoms with van der Waals surface area (Å²) < 4.78 is 29.4. The number of aromatic nitrogens is 1. The van der Waals surface area contributed by atoms with Crippen LogP contribution in [0.25, 0.3) is 27.6 Å². The number of piperazine rings is 1. The van der Waals surface area contributed by atoms with Crippen molar-refractivity contribution < 1.29 is 18.6 Å². The van der Waals surface area contributed by atoms with E-state index in [4.69, 9.17) is 5.11 Å². The van der Waals surface area contributed by atoms with Gasteiger partial charge in [-0.15, -0.1) is 0 Å². The third kappa shape index (κ3) is 5.71. The molecule has 10 heteroatoms. The minimum absolute atomic E-state index is 0.292. The van der Waals surface area contributed by atoms with E-state index in [-0.39, 0.29) is 6.54 Å². The molecule has 3 aromatic rings. The number of hydrogen-bond acceptors (Lipinski definition) is 7. The number of nitriles is 1. The van der Waals surface area contributed by atoms with Crippen LogP contribution in [0.15, 0.2) is 53.4 Å². The molecular formula is C27H33N5O4S. The van der Waals surface area contributed by atoms with E-state index in [0.29, 0.717) is 11.3 Å². The fraction of sp³-hybridized carbons (Fsp3) is 0.370. The average Bonchev–Trinajstić information content (AvgIpc) is 3.28. The number of likely N-dealkylation sites (N-methyl/N-ethyl adjacent to an activating group) is 1. The van der Waals surface area contributed by atoms with Crippen molar-refractivity contribution in [1.29, 1.82) is 5.26 Å². The van der Waals surface area contributed by atoms with Gasteiger partial charge in [-0.2, -0.15) is 5.26 Å². The number of aliphatic hydroxyl groups excluding tert-OH is 2. The molecule has 1 saturated heterocycles. The molecule has 37 heavy (non-hydrogen) atoms. The van der Waals surface area contributed by atoms with Crippen LogP contribution < -0.4 is 9.62 Å². The highest BCUT2D eigenvalue weighted by atomic mass is 32.2. The average molecular weight is 524 g/mol. The molecule has 0 amide bonds. The molecule has 9 nitrogen and oxygen atoms in total. The van der Waals surface area contributed by atoms with E-state index in [2.05, 4.69) is 51.9 Å². The smallest absolute Gasteiger partial charge is 0.251 e. The maximum atomic E-state index is 12.7. The summed E-state index contributed by atoms with van der Waals surface area (Å²) in [5.74, 6) is 0. The van der Waals surface area contributed by atoms with Gasteiger partial charge in [0.1, 0.15) is 6.07 Å². The van der Waals surface area contributed by atoms with E-state index in [1.54, 1.807) is 19.1 Å². The number of allylic oxidation sites excluding steroid dienone is 2. The van der Waals surface area contributed by atoms with E-state index in [9.17, 15) is 18.8 Å². The lowest BCUT2D eigenvalue weighted by Gasteiger charge is -2.34. The van der Waals surface area contributed by atoms with Crippen molar-refractivity contribution in [3.8, 4) is 17.3 Å². The van der Waals surface area contributed by atoms with Gasteiger partial charge in [0.25, 0.3) is 10.0 Å². The first-order valence-electron chi connectivity index (χ1n) is 12.2. The van der Waals surface area contributed by atoms with Crippen molar-refractivity contribution in [1.82, 2.24) is 14.2 Å². The molecule has 4 rings (SSSR count). The van der Waals surface area contributed by atoms with Gasteiger partial charge in [0, 0.05) is 62.4 Å². The Kier molecular flexibility index (Phi) is 8.02. The molecule has 0 spiro atoms. The van der Waals surface area contributed by atoms with Crippen LogP contribution in [0.5, 0.6) is 0 Å². The first kappa shape index (κ1) is 26.9. The topological polar surface area (TPSA) is 122 Å². The number of anilines is 1. The summed E-state index contributed by atoms with van der Waals surface area (Å²) in [6.45, 7) is 4.74. The molecule has 3 N–H and O–H groups in total. The Labute approximate surface area is 217 Å². The molecule has 1 aliphatic heterocycles. The monoisotopic (exact) mass is 523 g/mol. The second-order valence-corrected chi connectivity index (χ2v) is 11.2. The summed E-state index contributed by atoms with van der Waals surface area (Å²) in [4.78, 5) is 4.31. The lowest BCUT2D eigenvalue weighted by Crippen LogP contribution is -2.44. The van der Waals surface area contributed by atoms with Crippen molar-refractivity contribution in [2.45, 2.75) is 13.0 Å². The number of nitrogens with one attached hydrogen (secondary N) is 1. The zero-order valence-corrected chi connectivity index (χ0v) is 22.2. The molecule has 2 heterocycles. The fourth-order valence-corrected chi connectivity index (χ4v) is 5.82. The van der Waals surface area contributed by atoms with Crippen molar-refractivity contribution in [3.05, 3.63) is 59.1 Å². The number of hydrogen-bond donors (Lipinski definition) is 3. The molecule has 1 unspecified atom stereocenters. The number of nitrogens with zero attached hydrogens (tertiary/aromatic N) is 4. The van der Waals surface area contributed by atoms with Crippen molar-refractivity contribution in [3.63, 3.8) is 0 Å². The zero-order valence-electron chi connectivity index (χ0n) is 21.3. The molecule has 1 atom stereocenters. The fourth-order valence-electron chi connectivity index (χ4n) is 4.64. The van der Waals surface area contributed by atoms with Crippen LogP contribution in [0.3, 0.4) is 0 Å². The van der Waals surface area contributed by atoms with Crippen molar-refractivity contribution >= 4 is 32.1 Å². The maximum Gasteiger partial charge on any atom is 0.251 e. The number of aliphatic hydroxyl groups is 2. The molecule has 1 aliphatic rings. The highest BCUT2D eigenvalue weighted by molar-refractivity contribution is 7.93. The van der Waals surface area contributed by atoms with Gasteiger partial charge in [0.15, 0.2) is 4.91 Å². The maximum absolute atomic E-state index is 12.7. The van der Waals surface area contributed by atoms with Gasteiger partial charge in [0.2, 0.25) is 0 Å². The van der Waals surface area contributed by atoms with Crippen molar-refractivity contribution in [2.75, 3.05) is 51.3 Å². The van der Waals surface area contributed by atoms with E-state index in [1.165, 1.54) is 5.69 Å². The standard InChI is InChI=1S/C27H33N5O4S/c1-19(27(16-28)37(35,36)29-17-24(34)18-33)25-8-9-26(31(25)3)22-5-4-21-15-23(7-6-20(21)14-22)32-12-10-30(2)11-13-32/h4-9,14-15,24,29,33-34H,10-13,17-18H2,1-3H3/b27-19+. The minimum atomic E-state index is -4.17. The van der Waals surface area contributed by atoms with E-state index in [0.717, 1.165) is 48.2 Å². The summed E-state index contributed by atoms with van der Waals surface area (Å²) in [6, 6.07) is 18.3. The van der Waals surface area contributed by atoms with Crippen LogP contribution in [-0.2, 0) is 17.1 Å². The summed E-state index contributed by atoms with van der Waals surface area (Å²) >= 11 is 0. The van der Waals surface area contributed by atoms with Gasteiger partial charge in [-0.1, -0.05) is 18.2 Å². The van der Waals surface area contributed by atoms with Gasteiger partial charge in [0.05, 0.1) is 12.7 Å². The van der Waals surface area contributed by atoms with Gasteiger partial charge in [-0.05, 0) is 60.6 Å². The third-order valence-corrected chi connectivity index (χ3v) is 8.41. The largest absolute Gasteiger partial charge is 0.394 e. The number of benzene rings is 2. The quantitative estimate of drug-likeness (QED) is 0.387. The highest BCUT2D eigenvalue weighted by Gasteiger charge is 2.23. The van der Waals surface area contributed by atoms with Crippen LogP contribution in [0, 0.1) is 11.3 Å². The molecule has 0 saturated carbocycles. The molecule has 196 valence electrons. The Balaban J connectivity index is 1.62. The lowest BCUT2D eigenvalue weighted by atomic mass is 10.0. The minimum Gasteiger partial charge on any atom is -0.394 e. The van der Waals surface area contributed by atoms with E-state index in [1.807, 2.05) is 23.7 Å². The zero-order chi connectivity index (χ0) is 26.7. The number of sulfonamides is 1. The molecule has 0 aliphatic carbocycles. The summed E-state index contributed by atoms with van der Waals surface area (Å²) in [5, 5.41) is 30.3. The normalized spacial score (nSPS) is 16.5. The van der Waals surface area contributed by atoms with Crippen LogP contribution in [0.1, 0.15) is 12.6 Å². The molecular weight excluding hydrogens is 490 g/mol. The van der Waals surface area contributed by atoms with E-state index >= 15 is 0 Å². The second-order valence-electron chi connectivity index (χ2n) is 9.45. The Hall–Kier alpha value is -3.20. The number of rotatable bonds is 8. The predicted molar refractivity (Wildman–Crippen MR) is 146 cm³/mol. The Morgan fingerprint density at radius 3 is 2.41 bits per heavy atom.